The fraction of sp³-hybridized carbons (Fsp3) is 1.00. The van der Waals surface area contributed by atoms with Gasteiger partial charge in [0.05, 0.1) is 0 Å². The fourth-order valence-electron chi connectivity index (χ4n) is 0. The molecular formula is C10H63LaMnN2NdO4Y+22. The second kappa shape index (κ2) is 714. The summed E-state index contributed by atoms with van der Waals surface area (Å²) in [6, 6.07) is 0. The van der Waals surface area contributed by atoms with Crippen LogP contribution in [0.1, 0.15) is 89.0 Å². The smallest absolute Gasteiger partial charge is 0.412 e. The van der Waals surface area contributed by atoms with Gasteiger partial charge in [0.15, 0.2) is 0 Å². The first kappa shape index (κ1) is 518. The van der Waals surface area contributed by atoms with E-state index in [0.29, 0.717) is 0 Å². The van der Waals surface area contributed by atoms with E-state index in [2.05, 4.69) is 0 Å². The van der Waals surface area contributed by atoms with E-state index in [0.717, 1.165) is 0 Å². The maximum atomic E-state index is 2.00. The standard InChI is InChI=1S/C2H6.8CH4.La.Mn.2H3N.Nd.4H2O.Y/c1-2;;;;;;;;;;;;;;;;;;/h1-2H3;8*1H4;;;2*1H3;;4*1H2;/q;;;;;;;;;+3;+2;;;+3;;;;;+3/p+11. The maximum Gasteiger partial charge on any atom is 3.00 e. The fourth-order valence-corrected chi connectivity index (χ4v) is 0. The van der Waals surface area contributed by atoms with Crippen molar-refractivity contribution < 1.29 is 164 Å². The Morgan fingerprint density at radius 1 is 0.500 bits per heavy atom. The van der Waals surface area contributed by atoms with Crippen LogP contribution in [0.15, 0.2) is 0 Å². The van der Waals surface area contributed by atoms with Crippen LogP contribution in [-0.4, -0.2) is 21.9 Å². The molecule has 0 spiro atoms. The molecule has 0 aromatic carbocycles. The van der Waals surface area contributed by atoms with E-state index in [-0.39, 0.29) is 236 Å². The Kier molecular flexibility index (Phi) is 18500. The monoisotopic (exact) mass is 700 g/mol. The van der Waals surface area contributed by atoms with Gasteiger partial charge in [0.1, 0.15) is 0 Å². The van der Waals surface area contributed by atoms with Crippen molar-refractivity contribution in [2.45, 2.75) is 73.3 Å². The molecule has 0 heterocycles. The average molecular weight is 703 g/mol. The van der Waals surface area contributed by atoms with Crippen molar-refractivity contribution >= 4 is 0 Å². The van der Waals surface area contributed by atoms with Crippen LogP contribution in [0.2, 0.25) is 0 Å². The van der Waals surface area contributed by atoms with Gasteiger partial charge in [0, 0.05) is 0 Å². The van der Waals surface area contributed by atoms with Gasteiger partial charge < -0.3 is 34.2 Å². The quantitative estimate of drug-likeness (QED) is 0.354. The summed E-state index contributed by atoms with van der Waals surface area (Å²) in [6.07, 6.45) is 0. The van der Waals surface area contributed by atoms with Crippen LogP contribution in [0.25, 0.3) is 0 Å². The molecule has 0 atom stereocenters. The molecule has 20 heavy (non-hydrogen) atoms. The van der Waals surface area contributed by atoms with Gasteiger partial charge >= 0.3 is 142 Å². The van der Waals surface area contributed by atoms with Gasteiger partial charge in [-0.25, -0.2) is 0 Å². The Balaban J connectivity index is -0.0000000000123. The van der Waals surface area contributed by atoms with E-state index in [1.54, 1.807) is 0 Å². The summed E-state index contributed by atoms with van der Waals surface area (Å²) in [7, 11) is 0. The summed E-state index contributed by atoms with van der Waals surface area (Å²) in [5.74, 6) is 0. The normalized spacial score (nSPS) is 0.300. The first-order valence-electron chi connectivity index (χ1n) is 1.00. The van der Waals surface area contributed by atoms with Gasteiger partial charge in [-0.3, -0.25) is 0 Å². The number of hydrogen-bond donors (Lipinski definition) is 2. The van der Waals surface area contributed by atoms with E-state index in [4.69, 9.17) is 0 Å². The Morgan fingerprint density at radius 3 is 0.500 bits per heavy atom. The Bertz CT molecular complexity index is 72.3. The molecule has 0 aliphatic carbocycles. The molecule has 0 bridgehead atoms. The molecule has 2 radical (unpaired) electrons. The second-order valence-electron chi connectivity index (χ2n) is 0. The van der Waals surface area contributed by atoms with Crippen molar-refractivity contribution in [1.82, 2.24) is 12.3 Å². The molecule has 132 valence electrons. The van der Waals surface area contributed by atoms with Crippen molar-refractivity contribution in [1.29, 1.82) is 0 Å². The van der Waals surface area contributed by atoms with Crippen molar-refractivity contribution in [3.8, 4) is 0 Å². The van der Waals surface area contributed by atoms with Crippen LogP contribution in [0.3, 0.4) is 0 Å². The third-order valence-electron chi connectivity index (χ3n) is 0. The molecule has 0 amide bonds. The minimum atomic E-state index is 0. The number of rotatable bonds is 0. The topological polar surface area (TPSA) is 196 Å². The first-order valence-corrected chi connectivity index (χ1v) is 1.00. The van der Waals surface area contributed by atoms with E-state index >= 15 is 0 Å². The molecular weight excluding hydrogens is 639 g/mol. The zero-order valence-corrected chi connectivity index (χ0v) is 18.3. The average Bonchev–Trinajstić information content (AvgIpc) is 1.00. The first-order chi connectivity index (χ1) is 1.00. The Hall–Kier alpha value is 3.93. The molecule has 6 nitrogen and oxygen atoms in total. The molecule has 14 N–H and O–H groups in total. The van der Waals surface area contributed by atoms with E-state index < -0.39 is 0 Å². The molecule has 0 unspecified atom stereocenters. The van der Waals surface area contributed by atoms with Crippen LogP contribution in [0.5, 0.6) is 0 Å². The van der Waals surface area contributed by atoms with E-state index in [9.17, 15) is 0 Å². The molecule has 10 heteroatoms. The van der Waals surface area contributed by atoms with Crippen LogP contribution >= 0.6 is 0 Å². The third kappa shape index (κ3) is 622. The van der Waals surface area contributed by atoms with E-state index in [1.165, 1.54) is 0 Å². The molecule has 0 aromatic rings. The Labute approximate surface area is 246 Å². The summed E-state index contributed by atoms with van der Waals surface area (Å²) < 4.78 is 0. The van der Waals surface area contributed by atoms with Crippen LogP contribution < -0.4 is 12.3 Å². The van der Waals surface area contributed by atoms with Crippen LogP contribution in [-0.2, 0) is 49.8 Å². The predicted molar refractivity (Wildman–Crippen MR) is 102 cm³/mol. The van der Waals surface area contributed by atoms with Gasteiger partial charge in [-0.05, 0) is 0 Å². The summed E-state index contributed by atoms with van der Waals surface area (Å²) >= 11 is 0. The molecule has 0 aromatic heterocycles. The third-order valence-corrected chi connectivity index (χ3v) is 0. The van der Waals surface area contributed by atoms with Crippen molar-refractivity contribution in [3.05, 3.63) is 0 Å². The Morgan fingerprint density at radius 2 is 0.500 bits per heavy atom. The molecule has 0 aliphatic rings. The zero-order chi connectivity index (χ0) is 2.00. The largest absolute Gasteiger partial charge is 3.00 e. The second-order valence-corrected chi connectivity index (χ2v) is 0. The van der Waals surface area contributed by atoms with Gasteiger partial charge in [-0.2, -0.15) is 0 Å². The number of hydrogen-bond acceptors (Lipinski definition) is 2. The maximum absolute atomic E-state index is 2.00. The van der Waals surface area contributed by atoms with E-state index in [1.807, 2.05) is 13.8 Å². The minimum absolute atomic E-state index is 0. The van der Waals surface area contributed by atoms with Gasteiger partial charge in [-0.15, -0.1) is 0 Å². The summed E-state index contributed by atoms with van der Waals surface area (Å²) in [5, 5.41) is 0. The molecule has 0 rings (SSSR count). The molecule has 0 aliphatic heterocycles. The summed E-state index contributed by atoms with van der Waals surface area (Å²) in [6.45, 7) is 4.00. The van der Waals surface area contributed by atoms with Crippen molar-refractivity contribution in [2.24, 2.45) is 0 Å². The van der Waals surface area contributed by atoms with Crippen molar-refractivity contribution in [2.75, 3.05) is 0 Å². The molecule has 0 saturated heterocycles. The molecule has 0 saturated carbocycles. The summed E-state index contributed by atoms with van der Waals surface area (Å²) in [4.78, 5) is 0. The van der Waals surface area contributed by atoms with Gasteiger partial charge in [-0.1, -0.05) is 73.3 Å². The van der Waals surface area contributed by atoms with Gasteiger partial charge in [0.25, 0.3) is 0 Å². The van der Waals surface area contributed by atoms with Gasteiger partial charge in [0.2, 0.25) is 0 Å². The molecule has 0 fully saturated rings. The zero-order valence-electron chi connectivity index (χ0n) is 18.4. The van der Waals surface area contributed by atoms with Crippen LogP contribution in [0, 0.1) is 76.4 Å². The predicted octanol–water partition coefficient (Wildman–Crippen LogP) is 4.37. The van der Waals surface area contributed by atoms with Crippen molar-refractivity contribution in [3.63, 3.8) is 0 Å². The minimum Gasteiger partial charge on any atom is -0.412 e. The SMILES string of the molecule is C.C.C.C.C.C.C.C.CC.N.N.O.O.O.O.[H+].[H+].[H+].[H+].[H+].[H+].[H+].[H+].[H+].[H+].[H+].[La+3].[Mn+2].[Nd+3].[Y+3]. The van der Waals surface area contributed by atoms with Crippen LogP contribution in [0.4, 0.5) is 0 Å². The summed E-state index contributed by atoms with van der Waals surface area (Å²) in [5.41, 5.74) is 0.